The molecule has 3 aromatic rings. The van der Waals surface area contributed by atoms with Crippen LogP contribution in [0.15, 0.2) is 42.5 Å². The van der Waals surface area contributed by atoms with Crippen molar-refractivity contribution < 1.29 is 0 Å². The van der Waals surface area contributed by atoms with Crippen molar-refractivity contribution in [1.82, 2.24) is 4.98 Å². The molecular weight excluding hydrogens is 330 g/mol. The normalized spacial score (nSPS) is 10.7. The molecule has 0 amide bonds. The number of halogens is 1. The first kappa shape index (κ1) is 19.3. The van der Waals surface area contributed by atoms with Crippen molar-refractivity contribution in [3.8, 4) is 0 Å². The van der Waals surface area contributed by atoms with E-state index in [4.69, 9.17) is 4.98 Å². The highest BCUT2D eigenvalue weighted by Crippen LogP contribution is 2.27. The highest BCUT2D eigenvalue weighted by Gasteiger charge is 2.07. The molecule has 3 nitrogen and oxygen atoms in total. The van der Waals surface area contributed by atoms with Crippen LogP contribution in [0, 0.1) is 0 Å². The molecule has 0 N–H and O–H groups in total. The number of hydrogen-bond donors (Lipinski definition) is 0. The number of fused-ring (bicyclic) bond motifs is 2. The van der Waals surface area contributed by atoms with Gasteiger partial charge in [0.25, 0.3) is 0 Å². The van der Waals surface area contributed by atoms with Crippen LogP contribution in [0.25, 0.3) is 21.8 Å². The first-order valence-corrected chi connectivity index (χ1v) is 9.04. The summed E-state index contributed by atoms with van der Waals surface area (Å²) in [4.78, 5) is 9.67. The van der Waals surface area contributed by atoms with Crippen molar-refractivity contribution in [3.63, 3.8) is 0 Å². The van der Waals surface area contributed by atoms with Crippen LogP contribution in [-0.4, -0.2) is 31.2 Å². The molecule has 25 heavy (non-hydrogen) atoms. The Bertz CT molecular complexity index is 772. The fourth-order valence-corrected chi connectivity index (χ4v) is 3.37. The second kappa shape index (κ2) is 8.39. The number of hydrogen-bond acceptors (Lipinski definition) is 3. The van der Waals surface area contributed by atoms with E-state index in [2.05, 4.69) is 80.0 Å². The minimum Gasteiger partial charge on any atom is -0.372 e. The van der Waals surface area contributed by atoms with Gasteiger partial charge >= 0.3 is 0 Å². The fraction of sp³-hybridized carbons (Fsp3) is 0.381. The zero-order chi connectivity index (χ0) is 17.1. The van der Waals surface area contributed by atoms with Gasteiger partial charge < -0.3 is 9.80 Å². The van der Waals surface area contributed by atoms with Crippen LogP contribution in [0.4, 0.5) is 11.4 Å². The molecule has 0 bridgehead atoms. The smallest absolute Gasteiger partial charge is 0.0730 e. The third-order valence-electron chi connectivity index (χ3n) is 4.84. The molecular formula is C21H28ClN3. The molecule has 2 aromatic carbocycles. The summed E-state index contributed by atoms with van der Waals surface area (Å²) >= 11 is 0. The Balaban J connectivity index is 0.00000225. The summed E-state index contributed by atoms with van der Waals surface area (Å²) < 4.78 is 0. The van der Waals surface area contributed by atoms with Crippen molar-refractivity contribution in [2.24, 2.45) is 0 Å². The van der Waals surface area contributed by atoms with Crippen LogP contribution in [0.5, 0.6) is 0 Å². The Morgan fingerprint density at radius 3 is 1.40 bits per heavy atom. The Hall–Kier alpha value is -2.00. The Kier molecular flexibility index (Phi) is 6.49. The average Bonchev–Trinajstić information content (AvgIpc) is 2.62. The van der Waals surface area contributed by atoms with Crippen LogP contribution in [0.3, 0.4) is 0 Å². The lowest BCUT2D eigenvalue weighted by molar-refractivity contribution is 0.866. The summed E-state index contributed by atoms with van der Waals surface area (Å²) in [6, 6.07) is 15.5. The molecule has 4 heteroatoms. The number of anilines is 2. The van der Waals surface area contributed by atoms with Crippen LogP contribution in [-0.2, 0) is 0 Å². The molecule has 0 fully saturated rings. The summed E-state index contributed by atoms with van der Waals surface area (Å²) in [5.41, 5.74) is 4.64. The molecule has 1 aromatic heterocycles. The fourth-order valence-electron chi connectivity index (χ4n) is 3.37. The zero-order valence-electron chi connectivity index (χ0n) is 15.6. The summed E-state index contributed by atoms with van der Waals surface area (Å²) in [5, 5.41) is 2.41. The van der Waals surface area contributed by atoms with Gasteiger partial charge in [-0.15, -0.1) is 12.4 Å². The second-order valence-corrected chi connectivity index (χ2v) is 6.09. The molecule has 0 spiro atoms. The van der Waals surface area contributed by atoms with Gasteiger partial charge in [0.15, 0.2) is 0 Å². The molecule has 0 aliphatic rings. The highest BCUT2D eigenvalue weighted by molar-refractivity contribution is 5.95. The van der Waals surface area contributed by atoms with Gasteiger partial charge in [0.1, 0.15) is 0 Å². The lowest BCUT2D eigenvalue weighted by atomic mass is 10.1. The van der Waals surface area contributed by atoms with Crippen molar-refractivity contribution in [2.75, 3.05) is 36.0 Å². The predicted molar refractivity (Wildman–Crippen MR) is 114 cm³/mol. The number of aromatic nitrogens is 1. The molecule has 1 heterocycles. The number of rotatable bonds is 6. The summed E-state index contributed by atoms with van der Waals surface area (Å²) in [6.07, 6.45) is 0. The van der Waals surface area contributed by atoms with Gasteiger partial charge in [0.2, 0.25) is 0 Å². The Labute approximate surface area is 157 Å². The van der Waals surface area contributed by atoms with E-state index < -0.39 is 0 Å². The quantitative estimate of drug-likeness (QED) is 0.543. The van der Waals surface area contributed by atoms with E-state index in [0.29, 0.717) is 0 Å². The van der Waals surface area contributed by atoms with Crippen molar-refractivity contribution in [3.05, 3.63) is 42.5 Å². The number of nitrogens with zero attached hydrogens (tertiary/aromatic N) is 3. The molecule has 0 radical (unpaired) electrons. The number of pyridine rings is 1. The van der Waals surface area contributed by atoms with Crippen molar-refractivity contribution in [2.45, 2.75) is 27.7 Å². The monoisotopic (exact) mass is 357 g/mol. The largest absolute Gasteiger partial charge is 0.372 e. The van der Waals surface area contributed by atoms with Gasteiger partial charge in [-0.3, -0.25) is 0 Å². The molecule has 0 aliphatic carbocycles. The predicted octanol–water partition coefficient (Wildman–Crippen LogP) is 5.50. The Morgan fingerprint density at radius 1 is 0.640 bits per heavy atom. The first-order valence-electron chi connectivity index (χ1n) is 9.04. The molecule has 0 aliphatic heterocycles. The first-order chi connectivity index (χ1) is 11.7. The van der Waals surface area contributed by atoms with E-state index in [1.165, 1.54) is 22.1 Å². The maximum absolute atomic E-state index is 4.95. The van der Waals surface area contributed by atoms with Gasteiger partial charge in [0, 0.05) is 48.3 Å². The SMILES string of the molecule is CCN(CC)c1ccc2cc3ccc(N(CC)CC)cc3nc2c1.Cl. The van der Waals surface area contributed by atoms with Crippen molar-refractivity contribution in [1.29, 1.82) is 0 Å². The minimum atomic E-state index is 0. The summed E-state index contributed by atoms with van der Waals surface area (Å²) in [6.45, 7) is 12.8. The standard InChI is InChI=1S/C21H27N3.ClH/c1-5-23(6-2)18-11-9-16-13-17-10-12-19(24(7-3)8-4)15-21(17)22-20(16)14-18;/h9-15H,5-8H2,1-4H3;1H. The zero-order valence-corrected chi connectivity index (χ0v) is 16.4. The molecule has 0 unspecified atom stereocenters. The molecule has 134 valence electrons. The van der Waals surface area contributed by atoms with E-state index in [0.717, 1.165) is 37.2 Å². The molecule has 0 atom stereocenters. The van der Waals surface area contributed by atoms with Gasteiger partial charge in [-0.05, 0) is 58.0 Å². The van der Waals surface area contributed by atoms with Crippen LogP contribution < -0.4 is 9.80 Å². The highest BCUT2D eigenvalue weighted by atomic mass is 35.5. The van der Waals surface area contributed by atoms with E-state index in [9.17, 15) is 0 Å². The molecule has 3 rings (SSSR count). The van der Waals surface area contributed by atoms with Gasteiger partial charge in [0.05, 0.1) is 11.0 Å². The maximum atomic E-state index is 4.95. The maximum Gasteiger partial charge on any atom is 0.0730 e. The van der Waals surface area contributed by atoms with Crippen LogP contribution in [0.2, 0.25) is 0 Å². The van der Waals surface area contributed by atoms with Crippen molar-refractivity contribution >= 4 is 45.6 Å². The molecule has 0 saturated carbocycles. The van der Waals surface area contributed by atoms with Gasteiger partial charge in [-0.2, -0.15) is 0 Å². The third-order valence-corrected chi connectivity index (χ3v) is 4.84. The van der Waals surface area contributed by atoms with E-state index in [1.54, 1.807) is 0 Å². The van der Waals surface area contributed by atoms with Crippen LogP contribution >= 0.6 is 12.4 Å². The topological polar surface area (TPSA) is 19.4 Å². The minimum absolute atomic E-state index is 0. The summed E-state index contributed by atoms with van der Waals surface area (Å²) in [7, 11) is 0. The van der Waals surface area contributed by atoms with E-state index >= 15 is 0 Å². The summed E-state index contributed by atoms with van der Waals surface area (Å²) in [5.74, 6) is 0. The van der Waals surface area contributed by atoms with Crippen LogP contribution in [0.1, 0.15) is 27.7 Å². The van der Waals surface area contributed by atoms with Gasteiger partial charge in [-0.1, -0.05) is 12.1 Å². The Morgan fingerprint density at radius 2 is 1.04 bits per heavy atom. The second-order valence-electron chi connectivity index (χ2n) is 6.09. The average molecular weight is 358 g/mol. The van der Waals surface area contributed by atoms with Gasteiger partial charge in [-0.25, -0.2) is 4.98 Å². The molecule has 0 saturated heterocycles. The third kappa shape index (κ3) is 3.82. The lowest BCUT2D eigenvalue weighted by Gasteiger charge is -2.22. The lowest BCUT2D eigenvalue weighted by Crippen LogP contribution is -2.21. The van der Waals surface area contributed by atoms with E-state index in [-0.39, 0.29) is 12.4 Å². The van der Waals surface area contributed by atoms with E-state index in [1.807, 2.05) is 0 Å². The number of benzene rings is 2.